The molecule has 37 heavy (non-hydrogen) atoms. The summed E-state index contributed by atoms with van der Waals surface area (Å²) in [6, 6.07) is 12.7. The maximum absolute atomic E-state index is 13.5. The maximum Gasteiger partial charge on any atom is 0.281 e. The van der Waals surface area contributed by atoms with Gasteiger partial charge in [-0.15, -0.1) is 0 Å². The van der Waals surface area contributed by atoms with Crippen LogP contribution in [0.25, 0.3) is 33.2 Å². The molecule has 0 bridgehead atoms. The summed E-state index contributed by atoms with van der Waals surface area (Å²) < 4.78 is 4.25. The lowest BCUT2D eigenvalue weighted by Gasteiger charge is -2.20. The van der Waals surface area contributed by atoms with Crippen molar-refractivity contribution in [3.05, 3.63) is 81.0 Å². The number of fused-ring (bicyclic) bond motifs is 2. The third-order valence-electron chi connectivity index (χ3n) is 6.16. The highest BCUT2D eigenvalue weighted by atomic mass is 35.5. The Labute approximate surface area is 221 Å². The first-order chi connectivity index (χ1) is 17.8. The minimum Gasteiger partial charge on any atom is -0.377 e. The summed E-state index contributed by atoms with van der Waals surface area (Å²) in [6.45, 7) is 3.90. The van der Waals surface area contributed by atoms with Crippen molar-refractivity contribution in [2.75, 3.05) is 11.6 Å². The number of hydrogen-bond donors (Lipinski definition) is 3. The number of anilines is 1. The fraction of sp³-hybridized carbons (Fsp3) is 0.192. The number of benzene rings is 2. The molecule has 0 aliphatic rings. The van der Waals surface area contributed by atoms with Gasteiger partial charge in [0.25, 0.3) is 11.5 Å². The molecular weight excluding hydrogens is 510 g/mol. The Bertz CT molecular complexity index is 1730. The Hall–Kier alpha value is -3.89. The average molecular weight is 534 g/mol. The van der Waals surface area contributed by atoms with Crippen molar-refractivity contribution in [2.24, 2.45) is 7.05 Å². The molecule has 0 aliphatic carbocycles. The molecule has 0 saturated carbocycles. The standard InChI is InChI=1S/C26H24ClN7O2S/c1-13-9-17(14(2)29-20-7-8-21(27)30-23(20)25(35)33-37-4)22-18(10-13)26(36)34(3)24(31-22)15-5-6-19-16(11-15)12-28-32-19/h5-12,14,29H,1-4H3,(H,28,32)(H,33,35). The molecule has 5 aromatic rings. The van der Waals surface area contributed by atoms with Crippen LogP contribution in [0.2, 0.25) is 5.15 Å². The molecule has 1 atom stereocenters. The molecule has 3 N–H and O–H groups in total. The highest BCUT2D eigenvalue weighted by molar-refractivity contribution is 7.97. The normalized spacial score (nSPS) is 12.1. The lowest BCUT2D eigenvalue weighted by atomic mass is 10.0. The summed E-state index contributed by atoms with van der Waals surface area (Å²) in [4.78, 5) is 35.3. The van der Waals surface area contributed by atoms with Crippen molar-refractivity contribution < 1.29 is 4.79 Å². The summed E-state index contributed by atoms with van der Waals surface area (Å²) in [5.74, 6) is 0.189. The van der Waals surface area contributed by atoms with E-state index in [2.05, 4.69) is 25.2 Å². The molecule has 1 unspecified atom stereocenters. The summed E-state index contributed by atoms with van der Waals surface area (Å²) in [5.41, 5.74) is 4.62. The number of amides is 1. The third kappa shape index (κ3) is 4.65. The smallest absolute Gasteiger partial charge is 0.281 e. The van der Waals surface area contributed by atoms with Crippen LogP contribution in [0.4, 0.5) is 5.69 Å². The predicted octanol–water partition coefficient (Wildman–Crippen LogP) is 5.01. The summed E-state index contributed by atoms with van der Waals surface area (Å²) >= 11 is 7.25. The Morgan fingerprint density at radius 2 is 1.97 bits per heavy atom. The number of aryl methyl sites for hydroxylation is 1. The van der Waals surface area contributed by atoms with Gasteiger partial charge >= 0.3 is 0 Å². The molecule has 0 fully saturated rings. The first kappa shape index (κ1) is 24.8. The Balaban J connectivity index is 1.64. The highest BCUT2D eigenvalue weighted by Crippen LogP contribution is 2.30. The first-order valence-electron chi connectivity index (χ1n) is 11.5. The average Bonchev–Trinajstić information content (AvgIpc) is 3.35. The van der Waals surface area contributed by atoms with E-state index in [0.717, 1.165) is 27.6 Å². The highest BCUT2D eigenvalue weighted by Gasteiger charge is 2.20. The van der Waals surface area contributed by atoms with Crippen LogP contribution >= 0.6 is 23.5 Å². The van der Waals surface area contributed by atoms with E-state index in [9.17, 15) is 9.59 Å². The topological polar surface area (TPSA) is 118 Å². The number of hydrogen-bond acceptors (Lipinski definition) is 7. The second kappa shape index (κ2) is 9.87. The molecule has 0 aliphatic heterocycles. The number of nitrogens with one attached hydrogen (secondary N) is 3. The first-order valence-corrected chi connectivity index (χ1v) is 13.1. The van der Waals surface area contributed by atoms with Gasteiger partial charge in [-0.3, -0.25) is 24.0 Å². The summed E-state index contributed by atoms with van der Waals surface area (Å²) in [7, 11) is 1.73. The zero-order valence-corrected chi connectivity index (χ0v) is 22.2. The van der Waals surface area contributed by atoms with Crippen LogP contribution in [-0.2, 0) is 7.05 Å². The number of aromatic nitrogens is 5. The number of pyridine rings is 1. The number of halogens is 1. The lowest BCUT2D eigenvalue weighted by molar-refractivity contribution is 0.0980. The zero-order valence-electron chi connectivity index (χ0n) is 20.6. The largest absolute Gasteiger partial charge is 0.377 e. The minimum absolute atomic E-state index is 0.141. The fourth-order valence-electron chi connectivity index (χ4n) is 4.40. The summed E-state index contributed by atoms with van der Waals surface area (Å²) in [6.07, 6.45) is 3.49. The SMILES string of the molecule is CSNC(=O)c1nc(Cl)ccc1NC(C)c1cc(C)cc2c(=O)n(C)c(-c3ccc4[nH]ncc4c3)nc12. The van der Waals surface area contributed by atoms with Gasteiger partial charge in [-0.05, 0) is 55.8 Å². The van der Waals surface area contributed by atoms with Gasteiger partial charge in [0.05, 0.1) is 34.3 Å². The van der Waals surface area contributed by atoms with Crippen LogP contribution in [0.5, 0.6) is 0 Å². The van der Waals surface area contributed by atoms with E-state index >= 15 is 0 Å². The molecule has 11 heteroatoms. The number of nitrogens with zero attached hydrogens (tertiary/aromatic N) is 4. The molecule has 0 radical (unpaired) electrons. The van der Waals surface area contributed by atoms with E-state index in [1.807, 2.05) is 44.2 Å². The van der Waals surface area contributed by atoms with Crippen molar-refractivity contribution >= 4 is 56.9 Å². The van der Waals surface area contributed by atoms with Crippen LogP contribution in [0, 0.1) is 6.92 Å². The van der Waals surface area contributed by atoms with Crippen molar-refractivity contribution in [3.63, 3.8) is 0 Å². The zero-order chi connectivity index (χ0) is 26.3. The molecule has 0 spiro atoms. The monoisotopic (exact) mass is 533 g/mol. The number of carbonyl (C=O) groups is 1. The second-order valence-electron chi connectivity index (χ2n) is 8.75. The Kier molecular flexibility index (Phi) is 6.61. The van der Waals surface area contributed by atoms with Gasteiger partial charge in [0.15, 0.2) is 5.69 Å². The summed E-state index contributed by atoms with van der Waals surface area (Å²) in [5, 5.41) is 12.1. The van der Waals surface area contributed by atoms with Crippen molar-refractivity contribution in [3.8, 4) is 11.4 Å². The van der Waals surface area contributed by atoms with E-state index in [4.69, 9.17) is 16.6 Å². The van der Waals surface area contributed by atoms with Gasteiger partial charge in [-0.2, -0.15) is 5.10 Å². The maximum atomic E-state index is 13.5. The second-order valence-corrected chi connectivity index (χ2v) is 9.75. The number of rotatable bonds is 6. The van der Waals surface area contributed by atoms with E-state index in [1.54, 1.807) is 36.2 Å². The molecule has 0 saturated heterocycles. The number of H-pyrrole nitrogens is 1. The van der Waals surface area contributed by atoms with Gasteiger partial charge in [-0.1, -0.05) is 29.6 Å². The van der Waals surface area contributed by atoms with Crippen LogP contribution < -0.4 is 15.6 Å². The van der Waals surface area contributed by atoms with Gasteiger partial charge < -0.3 is 5.32 Å². The molecular formula is C26H24ClN7O2S. The molecule has 9 nitrogen and oxygen atoms in total. The van der Waals surface area contributed by atoms with Crippen LogP contribution in [0.1, 0.15) is 34.6 Å². The van der Waals surface area contributed by atoms with E-state index in [0.29, 0.717) is 22.4 Å². The number of aromatic amines is 1. The molecule has 3 aromatic heterocycles. The van der Waals surface area contributed by atoms with E-state index in [-0.39, 0.29) is 28.4 Å². The minimum atomic E-state index is -0.359. The van der Waals surface area contributed by atoms with Crippen molar-refractivity contribution in [1.29, 1.82) is 0 Å². The van der Waals surface area contributed by atoms with Crippen LogP contribution in [0.15, 0.2) is 53.5 Å². The van der Waals surface area contributed by atoms with Crippen molar-refractivity contribution in [2.45, 2.75) is 19.9 Å². The molecule has 3 heterocycles. The van der Waals surface area contributed by atoms with Gasteiger partial charge in [0.2, 0.25) is 0 Å². The van der Waals surface area contributed by atoms with E-state index in [1.165, 1.54) is 11.9 Å². The van der Waals surface area contributed by atoms with Crippen molar-refractivity contribution in [1.82, 2.24) is 29.5 Å². The van der Waals surface area contributed by atoms with Gasteiger partial charge in [0, 0.05) is 29.8 Å². The van der Waals surface area contributed by atoms with Gasteiger partial charge in [-0.25, -0.2) is 9.97 Å². The lowest BCUT2D eigenvalue weighted by Crippen LogP contribution is -2.22. The van der Waals surface area contributed by atoms with Gasteiger partial charge in [0.1, 0.15) is 11.0 Å². The molecule has 5 rings (SSSR count). The van der Waals surface area contributed by atoms with E-state index < -0.39 is 0 Å². The van der Waals surface area contributed by atoms with Crippen LogP contribution in [-0.4, -0.2) is 36.9 Å². The Morgan fingerprint density at radius 1 is 1.16 bits per heavy atom. The molecule has 2 aromatic carbocycles. The quantitative estimate of drug-likeness (QED) is 0.207. The molecule has 1 amide bonds. The molecule has 188 valence electrons. The van der Waals surface area contributed by atoms with Crippen LogP contribution in [0.3, 0.4) is 0 Å². The number of carbonyl (C=O) groups excluding carboxylic acids is 1. The fourth-order valence-corrected chi connectivity index (χ4v) is 4.83. The Morgan fingerprint density at radius 3 is 2.76 bits per heavy atom. The predicted molar refractivity (Wildman–Crippen MR) is 149 cm³/mol. The third-order valence-corrected chi connectivity index (χ3v) is 6.76.